The molecule has 330 valence electrons. The molecule has 0 aliphatic rings. The fraction of sp³-hybridized carbons (Fsp3) is 0.811. The first-order chi connectivity index (χ1) is 25.0. The minimum Gasteiger partial charge on any atom is -0.550 e. The van der Waals surface area contributed by atoms with Crippen molar-refractivity contribution in [2.24, 2.45) is 0 Å². The third-order valence-corrected chi connectivity index (χ3v) is 6.27. The Morgan fingerprint density at radius 1 is 0.482 bits per heavy atom. The lowest BCUT2D eigenvalue weighted by molar-refractivity contribution is -0.873. The molecule has 0 heterocycles. The number of aliphatic carboxylic acids is 4. The van der Waals surface area contributed by atoms with E-state index in [9.17, 15) is 54.0 Å². The number of aliphatic hydroxyl groups is 1. The van der Waals surface area contributed by atoms with Crippen LogP contribution in [0.3, 0.4) is 0 Å². The molecule has 0 saturated heterocycles. The second kappa shape index (κ2) is 28.5. The molecular formula is C37H72N4O15. The second-order valence-corrected chi connectivity index (χ2v) is 17.4. The molecule has 0 bridgehead atoms. The van der Waals surface area contributed by atoms with E-state index in [0.29, 0.717) is 57.0 Å². The van der Waals surface area contributed by atoms with E-state index < -0.39 is 54.3 Å². The SMILES string of the molecule is CC(=O)OC(CC(=O)[O-])C[N+](C)(C)C.CCC(=O)OC(CC(=O)[O-])C[N+](C)(C)C.CCCC(=O)OC(CC(=O)[O-])C[N+](C)(C)C.C[N+](C)(C)CC(O)CC(=O)[O-]. The first-order valence-electron chi connectivity index (χ1n) is 18.3. The lowest BCUT2D eigenvalue weighted by Crippen LogP contribution is -2.45. The van der Waals surface area contributed by atoms with Crippen LogP contribution in [-0.4, -0.2) is 200 Å². The van der Waals surface area contributed by atoms with Crippen molar-refractivity contribution in [1.82, 2.24) is 0 Å². The number of rotatable bonds is 22. The molecule has 0 radical (unpaired) electrons. The van der Waals surface area contributed by atoms with Gasteiger partial charge >= 0.3 is 17.9 Å². The van der Waals surface area contributed by atoms with Crippen molar-refractivity contribution in [2.75, 3.05) is 111 Å². The largest absolute Gasteiger partial charge is 0.550 e. The normalized spacial score (nSPS) is 13.6. The molecule has 0 aromatic heterocycles. The Hall–Kier alpha value is -3.91. The molecule has 0 aromatic carbocycles. The van der Waals surface area contributed by atoms with Gasteiger partial charge in [0, 0.05) is 69.3 Å². The predicted octanol–water partition coefficient (Wildman–Crippen LogP) is -4.34. The fourth-order valence-corrected chi connectivity index (χ4v) is 4.66. The zero-order valence-corrected chi connectivity index (χ0v) is 36.5. The summed E-state index contributed by atoms with van der Waals surface area (Å²) in [4.78, 5) is 74.4. The van der Waals surface area contributed by atoms with Crippen LogP contribution in [0.15, 0.2) is 0 Å². The Morgan fingerprint density at radius 2 is 0.768 bits per heavy atom. The molecule has 0 aliphatic heterocycles. The Labute approximate surface area is 333 Å². The molecule has 0 saturated carbocycles. The molecule has 1 N–H and O–H groups in total. The molecule has 56 heavy (non-hydrogen) atoms. The van der Waals surface area contributed by atoms with Crippen molar-refractivity contribution in [1.29, 1.82) is 0 Å². The highest BCUT2D eigenvalue weighted by Crippen LogP contribution is 2.08. The molecule has 19 nitrogen and oxygen atoms in total. The lowest BCUT2D eigenvalue weighted by atomic mass is 10.2. The minimum atomic E-state index is -1.20. The van der Waals surface area contributed by atoms with Gasteiger partial charge in [-0.3, -0.25) is 14.4 Å². The molecule has 0 spiro atoms. The number of esters is 3. The van der Waals surface area contributed by atoms with Crippen molar-refractivity contribution >= 4 is 41.8 Å². The molecule has 0 aromatic rings. The first-order valence-corrected chi connectivity index (χ1v) is 18.3. The van der Waals surface area contributed by atoms with Gasteiger partial charge in [0.15, 0.2) is 18.3 Å². The summed E-state index contributed by atoms with van der Waals surface area (Å²) in [6.45, 7) is 6.60. The molecule has 19 heteroatoms. The van der Waals surface area contributed by atoms with Crippen molar-refractivity contribution < 1.29 is 91.2 Å². The maximum absolute atomic E-state index is 11.3. The summed E-state index contributed by atoms with van der Waals surface area (Å²) in [5, 5.41) is 50.5. The van der Waals surface area contributed by atoms with Gasteiger partial charge in [-0.1, -0.05) is 13.8 Å². The number of carbonyl (C=O) groups excluding carboxylic acids is 7. The molecule has 0 rings (SSSR count). The topological polar surface area (TPSA) is 260 Å². The smallest absolute Gasteiger partial charge is 0.306 e. The van der Waals surface area contributed by atoms with E-state index in [4.69, 9.17) is 19.3 Å². The molecule has 4 atom stereocenters. The number of quaternary nitrogens is 4. The highest BCUT2D eigenvalue weighted by atomic mass is 16.6. The van der Waals surface area contributed by atoms with E-state index in [-0.39, 0.29) is 44.0 Å². The van der Waals surface area contributed by atoms with Crippen LogP contribution in [0.1, 0.15) is 65.7 Å². The first kappa shape index (κ1) is 58.8. The molecule has 0 fully saturated rings. The Bertz CT molecular complexity index is 1180. The number of carboxylic acids is 4. The van der Waals surface area contributed by atoms with Crippen molar-refractivity contribution in [3.63, 3.8) is 0 Å². The number of hydrogen-bond acceptors (Lipinski definition) is 15. The van der Waals surface area contributed by atoms with Crippen LogP contribution in [0.5, 0.6) is 0 Å². The van der Waals surface area contributed by atoms with E-state index in [2.05, 4.69) is 0 Å². The number of likely N-dealkylation sites (N-methyl/N-ethyl adjacent to an activating group) is 4. The Balaban J connectivity index is -0.000000325. The summed E-state index contributed by atoms with van der Waals surface area (Å²) in [7, 11) is 22.8. The lowest BCUT2D eigenvalue weighted by Gasteiger charge is -2.29. The van der Waals surface area contributed by atoms with Crippen LogP contribution >= 0.6 is 0 Å². The summed E-state index contributed by atoms with van der Waals surface area (Å²) < 4.78 is 17.1. The van der Waals surface area contributed by atoms with Crippen molar-refractivity contribution in [3.8, 4) is 0 Å². The fourth-order valence-electron chi connectivity index (χ4n) is 4.66. The third-order valence-electron chi connectivity index (χ3n) is 6.27. The zero-order valence-electron chi connectivity index (χ0n) is 36.5. The highest BCUT2D eigenvalue weighted by Gasteiger charge is 2.23. The quantitative estimate of drug-likeness (QED) is 0.0616. The predicted molar refractivity (Wildman–Crippen MR) is 197 cm³/mol. The number of aliphatic hydroxyl groups excluding tert-OH is 1. The van der Waals surface area contributed by atoms with Gasteiger partial charge in [0.1, 0.15) is 32.3 Å². The van der Waals surface area contributed by atoms with Crippen LogP contribution in [0.2, 0.25) is 0 Å². The monoisotopic (exact) mass is 812 g/mol. The number of carboxylic acid groups (broad SMARTS) is 4. The van der Waals surface area contributed by atoms with Gasteiger partial charge in [-0.2, -0.15) is 0 Å². The van der Waals surface area contributed by atoms with Crippen LogP contribution < -0.4 is 20.4 Å². The number of carbonyl (C=O) groups is 7. The standard InChI is InChI=1S/C11H21NO4.C10H19NO4.C9H17NO4.C7H15NO3/c1-5-6-11(15)16-9(7-10(13)14)8-12(2,3)4;1-5-10(14)15-8(6-9(12)13)7-11(2,3)4;1-7(11)14-8(5-9(12)13)6-10(2,3)4;1-8(2,3)5-6(9)4-7(10)11/h9H,5-8H2,1-4H3;8H,5-7H2,1-4H3;8H,5-6H2,1-4H3;6,9H,4-5H2,1-3H3. The minimum absolute atomic E-state index is 0.245. The van der Waals surface area contributed by atoms with E-state index in [0.717, 1.165) is 0 Å². The average Bonchev–Trinajstić information content (AvgIpc) is 2.88. The second-order valence-electron chi connectivity index (χ2n) is 17.4. The Morgan fingerprint density at radius 3 is 1.00 bits per heavy atom. The van der Waals surface area contributed by atoms with Crippen LogP contribution in [-0.2, 0) is 47.8 Å². The van der Waals surface area contributed by atoms with Gasteiger partial charge in [-0.05, 0) is 6.42 Å². The molecule has 0 amide bonds. The summed E-state index contributed by atoms with van der Waals surface area (Å²) in [5.41, 5.74) is 0. The number of ether oxygens (including phenoxy) is 3. The highest BCUT2D eigenvalue weighted by molar-refractivity contribution is 5.71. The summed E-state index contributed by atoms with van der Waals surface area (Å²) >= 11 is 0. The van der Waals surface area contributed by atoms with E-state index in [1.54, 1.807) is 6.92 Å². The maximum Gasteiger partial charge on any atom is 0.306 e. The van der Waals surface area contributed by atoms with E-state index >= 15 is 0 Å². The number of hydrogen-bond donors (Lipinski definition) is 1. The van der Waals surface area contributed by atoms with Crippen LogP contribution in [0.4, 0.5) is 0 Å². The van der Waals surface area contributed by atoms with Gasteiger partial charge in [-0.15, -0.1) is 0 Å². The van der Waals surface area contributed by atoms with Gasteiger partial charge in [-0.25, -0.2) is 0 Å². The van der Waals surface area contributed by atoms with Crippen LogP contribution in [0, 0.1) is 0 Å². The van der Waals surface area contributed by atoms with Gasteiger partial charge < -0.3 is 76.9 Å². The van der Waals surface area contributed by atoms with Gasteiger partial charge in [0.2, 0.25) is 0 Å². The van der Waals surface area contributed by atoms with Gasteiger partial charge in [0.05, 0.1) is 84.6 Å². The molecular weight excluding hydrogens is 740 g/mol. The number of nitrogens with zero attached hydrogens (tertiary/aromatic N) is 4. The van der Waals surface area contributed by atoms with E-state index in [1.807, 2.05) is 91.5 Å². The average molecular weight is 813 g/mol. The summed E-state index contributed by atoms with van der Waals surface area (Å²) in [5.74, 6) is -5.99. The zero-order chi connectivity index (χ0) is 45.3. The van der Waals surface area contributed by atoms with Crippen LogP contribution in [0.25, 0.3) is 0 Å². The van der Waals surface area contributed by atoms with Crippen molar-refractivity contribution in [2.45, 2.75) is 90.1 Å². The maximum atomic E-state index is 11.3. The Kier molecular flexibility index (Phi) is 29.9. The van der Waals surface area contributed by atoms with E-state index in [1.165, 1.54) is 6.92 Å². The van der Waals surface area contributed by atoms with Crippen molar-refractivity contribution in [3.05, 3.63) is 0 Å². The summed E-state index contributed by atoms with van der Waals surface area (Å²) in [6, 6.07) is 0. The molecule has 4 unspecified atom stereocenters. The summed E-state index contributed by atoms with van der Waals surface area (Å²) in [6.07, 6.45) is -2.40. The van der Waals surface area contributed by atoms with Gasteiger partial charge in [0.25, 0.3) is 0 Å². The third kappa shape index (κ3) is 50.1. The molecule has 0 aliphatic carbocycles.